The molecule has 0 aliphatic heterocycles. The quantitative estimate of drug-likeness (QED) is 0.867. The number of ether oxygens (including phenoxy) is 1. The molecule has 1 fully saturated rings. The number of rotatable bonds is 4. The van der Waals surface area contributed by atoms with E-state index < -0.39 is 9.84 Å². The highest BCUT2D eigenvalue weighted by atomic mass is 32.2. The highest BCUT2D eigenvalue weighted by Crippen LogP contribution is 2.40. The van der Waals surface area contributed by atoms with Gasteiger partial charge in [-0.3, -0.25) is 0 Å². The van der Waals surface area contributed by atoms with Crippen LogP contribution in [0.5, 0.6) is 10.9 Å². The lowest BCUT2D eigenvalue weighted by Crippen LogP contribution is -1.96. The lowest BCUT2D eigenvalue weighted by Gasteiger charge is -2.02. The number of hydrogen-bond acceptors (Lipinski definition) is 6. The van der Waals surface area contributed by atoms with Gasteiger partial charge < -0.3 is 4.74 Å². The van der Waals surface area contributed by atoms with Crippen molar-refractivity contribution in [3.05, 3.63) is 30.1 Å². The molecule has 19 heavy (non-hydrogen) atoms. The predicted octanol–water partition coefficient (Wildman–Crippen LogP) is 2.61. The molecule has 0 spiro atoms. The first kappa shape index (κ1) is 12.6. The first-order valence-corrected chi connectivity index (χ1v) is 8.50. The second-order valence-electron chi connectivity index (χ2n) is 4.54. The van der Waals surface area contributed by atoms with Crippen molar-refractivity contribution in [3.8, 4) is 10.9 Å². The molecule has 100 valence electrons. The summed E-state index contributed by atoms with van der Waals surface area (Å²) in [4.78, 5) is 4.58. The van der Waals surface area contributed by atoms with Gasteiger partial charge in [0.1, 0.15) is 11.6 Å². The van der Waals surface area contributed by atoms with Gasteiger partial charge in [-0.05, 0) is 37.1 Å². The van der Waals surface area contributed by atoms with Crippen LogP contribution in [-0.4, -0.2) is 24.0 Å². The first-order chi connectivity index (χ1) is 9.02. The molecule has 7 heteroatoms. The van der Waals surface area contributed by atoms with Gasteiger partial charge in [-0.15, -0.1) is 0 Å². The van der Waals surface area contributed by atoms with Gasteiger partial charge in [-0.1, -0.05) is 0 Å². The standard InChI is InChI=1S/C12H12N2O3S2/c1-19(15,16)10-6-4-9(5-7-10)17-12-13-11(14-18-12)8-2-3-8/h4-8H,2-3H2,1H3. The summed E-state index contributed by atoms with van der Waals surface area (Å²) in [5, 5.41) is 0.494. The zero-order valence-corrected chi connectivity index (χ0v) is 11.9. The molecule has 1 aromatic heterocycles. The van der Waals surface area contributed by atoms with E-state index >= 15 is 0 Å². The van der Waals surface area contributed by atoms with E-state index in [0.29, 0.717) is 16.9 Å². The molecule has 5 nitrogen and oxygen atoms in total. The van der Waals surface area contributed by atoms with Crippen LogP contribution in [0.25, 0.3) is 0 Å². The van der Waals surface area contributed by atoms with Crippen LogP contribution >= 0.6 is 11.5 Å². The van der Waals surface area contributed by atoms with E-state index in [1.54, 1.807) is 12.1 Å². The largest absolute Gasteiger partial charge is 0.430 e. The molecule has 2 aromatic rings. The Morgan fingerprint density at radius 1 is 1.26 bits per heavy atom. The molecule has 0 atom stereocenters. The Bertz CT molecular complexity index is 688. The van der Waals surface area contributed by atoms with Gasteiger partial charge in [0.2, 0.25) is 0 Å². The van der Waals surface area contributed by atoms with E-state index in [4.69, 9.17) is 4.74 Å². The molecule has 1 aromatic carbocycles. The molecule has 0 radical (unpaired) electrons. The van der Waals surface area contributed by atoms with E-state index in [2.05, 4.69) is 9.36 Å². The van der Waals surface area contributed by atoms with Crippen molar-refractivity contribution in [1.82, 2.24) is 9.36 Å². The summed E-state index contributed by atoms with van der Waals surface area (Å²) in [7, 11) is -3.17. The zero-order valence-electron chi connectivity index (χ0n) is 10.2. The van der Waals surface area contributed by atoms with E-state index in [1.807, 2.05) is 0 Å². The van der Waals surface area contributed by atoms with Crippen LogP contribution < -0.4 is 4.74 Å². The van der Waals surface area contributed by atoms with E-state index in [9.17, 15) is 8.42 Å². The van der Waals surface area contributed by atoms with Crippen LogP contribution in [0.4, 0.5) is 0 Å². The summed E-state index contributed by atoms with van der Waals surface area (Å²) in [6, 6.07) is 6.28. The average Bonchev–Trinajstić information content (AvgIpc) is 3.10. The maximum absolute atomic E-state index is 11.3. The fourth-order valence-electron chi connectivity index (χ4n) is 1.62. The van der Waals surface area contributed by atoms with Crippen molar-refractivity contribution >= 4 is 21.4 Å². The third-order valence-electron chi connectivity index (χ3n) is 2.82. The molecule has 1 saturated carbocycles. The molecule has 1 aliphatic rings. The second kappa shape index (κ2) is 4.57. The normalized spacial score (nSPS) is 15.4. The summed E-state index contributed by atoms with van der Waals surface area (Å²) in [5.41, 5.74) is 0. The van der Waals surface area contributed by atoms with Gasteiger partial charge in [0, 0.05) is 23.7 Å². The van der Waals surface area contributed by atoms with Crippen molar-refractivity contribution in [1.29, 1.82) is 0 Å². The van der Waals surface area contributed by atoms with E-state index in [-0.39, 0.29) is 4.90 Å². The van der Waals surface area contributed by atoms with Crippen LogP contribution in [0.15, 0.2) is 29.2 Å². The molecule has 1 heterocycles. The summed E-state index contributed by atoms with van der Waals surface area (Å²) in [5.74, 6) is 1.92. The summed E-state index contributed by atoms with van der Waals surface area (Å²) in [6.07, 6.45) is 3.48. The lowest BCUT2D eigenvalue weighted by molar-refractivity contribution is 0.476. The van der Waals surface area contributed by atoms with Gasteiger partial charge in [0.15, 0.2) is 9.84 Å². The molecule has 3 rings (SSSR count). The van der Waals surface area contributed by atoms with Crippen LogP contribution in [-0.2, 0) is 9.84 Å². The summed E-state index contributed by atoms with van der Waals surface area (Å²) in [6.45, 7) is 0. The first-order valence-electron chi connectivity index (χ1n) is 5.84. The Labute approximate surface area is 115 Å². The van der Waals surface area contributed by atoms with Crippen molar-refractivity contribution in [2.75, 3.05) is 6.26 Å². The average molecular weight is 296 g/mol. The molecule has 0 saturated heterocycles. The Hall–Kier alpha value is -1.47. The summed E-state index contributed by atoms with van der Waals surface area (Å²) >= 11 is 1.22. The Kier molecular flexibility index (Phi) is 3.02. The van der Waals surface area contributed by atoms with Gasteiger partial charge in [-0.25, -0.2) is 8.42 Å². The Morgan fingerprint density at radius 2 is 1.95 bits per heavy atom. The highest BCUT2D eigenvalue weighted by molar-refractivity contribution is 7.90. The number of aromatic nitrogens is 2. The minimum absolute atomic E-state index is 0.274. The number of hydrogen-bond donors (Lipinski definition) is 0. The highest BCUT2D eigenvalue weighted by Gasteiger charge is 2.28. The monoisotopic (exact) mass is 296 g/mol. The summed E-state index contributed by atoms with van der Waals surface area (Å²) < 4.78 is 32.4. The minimum atomic E-state index is -3.17. The maximum atomic E-state index is 11.3. The van der Waals surface area contributed by atoms with Crippen molar-refractivity contribution in [2.24, 2.45) is 0 Å². The molecule has 0 bridgehead atoms. The number of sulfone groups is 1. The molecule has 1 aliphatic carbocycles. The van der Waals surface area contributed by atoms with Crippen LogP contribution in [0.2, 0.25) is 0 Å². The Balaban J connectivity index is 1.75. The van der Waals surface area contributed by atoms with Crippen LogP contribution in [0.1, 0.15) is 24.6 Å². The van der Waals surface area contributed by atoms with Crippen molar-refractivity contribution < 1.29 is 13.2 Å². The van der Waals surface area contributed by atoms with E-state index in [0.717, 1.165) is 18.7 Å². The molecular formula is C12H12N2O3S2. The SMILES string of the molecule is CS(=O)(=O)c1ccc(Oc2nc(C3CC3)ns2)cc1. The predicted molar refractivity (Wildman–Crippen MR) is 71.5 cm³/mol. The third kappa shape index (κ3) is 2.93. The lowest BCUT2D eigenvalue weighted by atomic mass is 10.3. The number of benzene rings is 1. The molecule has 0 unspecified atom stereocenters. The number of nitrogens with zero attached hydrogens (tertiary/aromatic N) is 2. The van der Waals surface area contributed by atoms with Crippen LogP contribution in [0, 0.1) is 0 Å². The topological polar surface area (TPSA) is 69.2 Å². The van der Waals surface area contributed by atoms with Gasteiger partial charge in [0.25, 0.3) is 5.19 Å². The smallest absolute Gasteiger partial charge is 0.298 e. The molecule has 0 N–H and O–H groups in total. The zero-order chi connectivity index (χ0) is 13.5. The van der Waals surface area contributed by atoms with Gasteiger partial charge in [-0.2, -0.15) is 9.36 Å². The van der Waals surface area contributed by atoms with E-state index in [1.165, 1.54) is 29.9 Å². The third-order valence-corrected chi connectivity index (χ3v) is 4.56. The molecular weight excluding hydrogens is 284 g/mol. The minimum Gasteiger partial charge on any atom is -0.430 e. The fourth-order valence-corrected chi connectivity index (χ4v) is 2.88. The fraction of sp³-hybridized carbons (Fsp3) is 0.333. The van der Waals surface area contributed by atoms with Crippen LogP contribution in [0.3, 0.4) is 0 Å². The van der Waals surface area contributed by atoms with Gasteiger partial charge in [0.05, 0.1) is 4.90 Å². The Morgan fingerprint density at radius 3 is 2.53 bits per heavy atom. The van der Waals surface area contributed by atoms with Crippen molar-refractivity contribution in [2.45, 2.75) is 23.7 Å². The molecule has 0 amide bonds. The second-order valence-corrected chi connectivity index (χ2v) is 7.27. The van der Waals surface area contributed by atoms with Gasteiger partial charge >= 0.3 is 0 Å². The maximum Gasteiger partial charge on any atom is 0.298 e. The van der Waals surface area contributed by atoms with Crippen molar-refractivity contribution in [3.63, 3.8) is 0 Å².